The summed E-state index contributed by atoms with van der Waals surface area (Å²) in [5, 5.41) is 9.27. The third kappa shape index (κ3) is 3.11. The zero-order chi connectivity index (χ0) is 13.1. The fourth-order valence-corrected chi connectivity index (χ4v) is 3.51. The molecule has 0 aliphatic heterocycles. The Hall–Kier alpha value is -0.890. The second-order valence-electron chi connectivity index (χ2n) is 3.77. The first kappa shape index (κ1) is 13.5. The summed E-state index contributed by atoms with van der Waals surface area (Å²) in [6.45, 7) is 2.05. The van der Waals surface area contributed by atoms with E-state index in [0.717, 1.165) is 18.7 Å². The fraction of sp³-hybridized carbons (Fsp3) is 0.0714. The smallest absolute Gasteiger partial charge is 0.0998 e. The van der Waals surface area contributed by atoms with Crippen LogP contribution < -0.4 is 0 Å². The van der Waals surface area contributed by atoms with Crippen molar-refractivity contribution in [3.63, 3.8) is 0 Å². The molecule has 0 saturated heterocycles. The molecule has 0 aliphatic rings. The Morgan fingerprint density at radius 1 is 1.28 bits per heavy atom. The van der Waals surface area contributed by atoms with Crippen molar-refractivity contribution in [3.8, 4) is 6.07 Å². The number of benzene rings is 1. The molecule has 0 saturated carbocycles. The monoisotopic (exact) mass is 381 g/mol. The second-order valence-corrected chi connectivity index (χ2v) is 7.15. The molecule has 0 fully saturated rings. The van der Waals surface area contributed by atoms with Gasteiger partial charge in [0.2, 0.25) is 0 Å². The van der Waals surface area contributed by atoms with Crippen LogP contribution in [0.3, 0.4) is 0 Å². The van der Waals surface area contributed by atoms with Gasteiger partial charge in [-0.2, -0.15) is 5.26 Å². The maximum Gasteiger partial charge on any atom is 0.0998 e. The predicted octanol–water partition coefficient (Wildman–Crippen LogP) is 5.65. The molecule has 2 aromatic rings. The number of hydrogen-bond donors (Lipinski definition) is 0. The standard InChI is InChI=1S/C14H9Br2NS/c1-9-6-14(16)18-13(9)7-11(8-17)10-2-4-12(15)5-3-10/h2-7H,1H3/b11-7+. The van der Waals surface area contributed by atoms with Crippen LogP contribution in [-0.4, -0.2) is 0 Å². The Balaban J connectivity index is 2.43. The number of aryl methyl sites for hydroxylation is 1. The minimum absolute atomic E-state index is 0.681. The third-order valence-electron chi connectivity index (χ3n) is 2.48. The molecule has 0 amide bonds. The summed E-state index contributed by atoms with van der Waals surface area (Å²) in [6.07, 6.45) is 1.94. The van der Waals surface area contributed by atoms with Gasteiger partial charge in [-0.1, -0.05) is 28.1 Å². The molecule has 0 bridgehead atoms. The average Bonchev–Trinajstić information content (AvgIpc) is 2.66. The van der Waals surface area contributed by atoms with Crippen LogP contribution in [0.15, 0.2) is 38.6 Å². The Morgan fingerprint density at radius 2 is 1.94 bits per heavy atom. The van der Waals surface area contributed by atoms with Crippen LogP contribution in [0, 0.1) is 18.3 Å². The first-order chi connectivity index (χ1) is 8.60. The van der Waals surface area contributed by atoms with Crippen molar-refractivity contribution in [2.75, 3.05) is 0 Å². The highest BCUT2D eigenvalue weighted by molar-refractivity contribution is 9.11. The van der Waals surface area contributed by atoms with Crippen LogP contribution in [0.2, 0.25) is 0 Å². The van der Waals surface area contributed by atoms with Gasteiger partial charge in [0.1, 0.15) is 0 Å². The van der Waals surface area contributed by atoms with Crippen LogP contribution in [0.1, 0.15) is 16.0 Å². The number of hydrogen-bond acceptors (Lipinski definition) is 2. The van der Waals surface area contributed by atoms with Gasteiger partial charge in [-0.05, 0) is 58.3 Å². The Morgan fingerprint density at radius 3 is 2.44 bits per heavy atom. The third-order valence-corrected chi connectivity index (χ3v) is 4.69. The van der Waals surface area contributed by atoms with Gasteiger partial charge in [0.15, 0.2) is 0 Å². The van der Waals surface area contributed by atoms with E-state index in [1.807, 2.05) is 37.3 Å². The highest BCUT2D eigenvalue weighted by atomic mass is 79.9. The highest BCUT2D eigenvalue weighted by Gasteiger charge is 2.05. The topological polar surface area (TPSA) is 23.8 Å². The van der Waals surface area contributed by atoms with Gasteiger partial charge in [-0.25, -0.2) is 0 Å². The number of rotatable bonds is 2. The molecule has 0 unspecified atom stereocenters. The van der Waals surface area contributed by atoms with E-state index in [2.05, 4.69) is 44.0 Å². The molecule has 0 aliphatic carbocycles. The summed E-state index contributed by atoms with van der Waals surface area (Å²) < 4.78 is 2.10. The van der Waals surface area contributed by atoms with E-state index in [9.17, 15) is 5.26 Å². The van der Waals surface area contributed by atoms with Crippen molar-refractivity contribution in [2.45, 2.75) is 6.92 Å². The van der Waals surface area contributed by atoms with Crippen molar-refractivity contribution >= 4 is 54.8 Å². The van der Waals surface area contributed by atoms with E-state index in [0.29, 0.717) is 5.57 Å². The fourth-order valence-electron chi connectivity index (χ4n) is 1.54. The van der Waals surface area contributed by atoms with Crippen molar-refractivity contribution in [3.05, 3.63) is 54.6 Å². The maximum absolute atomic E-state index is 9.27. The minimum Gasteiger partial charge on any atom is -0.192 e. The van der Waals surface area contributed by atoms with Crippen LogP contribution in [-0.2, 0) is 0 Å². The largest absolute Gasteiger partial charge is 0.192 e. The van der Waals surface area contributed by atoms with Crippen LogP contribution >= 0.6 is 43.2 Å². The summed E-state index contributed by atoms with van der Waals surface area (Å²) in [5.74, 6) is 0. The van der Waals surface area contributed by atoms with Crippen LogP contribution in [0.5, 0.6) is 0 Å². The molecule has 2 rings (SSSR count). The second kappa shape index (κ2) is 5.83. The lowest BCUT2D eigenvalue weighted by atomic mass is 10.1. The van der Waals surface area contributed by atoms with E-state index in [4.69, 9.17) is 0 Å². The van der Waals surface area contributed by atoms with Gasteiger partial charge in [0.05, 0.1) is 15.4 Å². The quantitative estimate of drug-likeness (QED) is 0.616. The molecule has 90 valence electrons. The van der Waals surface area contributed by atoms with E-state index in [1.54, 1.807) is 11.3 Å². The number of halogens is 2. The number of nitrogens with zero attached hydrogens (tertiary/aromatic N) is 1. The predicted molar refractivity (Wildman–Crippen MR) is 84.4 cm³/mol. The molecule has 0 atom stereocenters. The summed E-state index contributed by atoms with van der Waals surface area (Å²) in [6, 6.07) is 12.1. The SMILES string of the molecule is Cc1cc(Br)sc1/C=C(\C#N)c1ccc(Br)cc1. The summed E-state index contributed by atoms with van der Waals surface area (Å²) >= 11 is 8.49. The lowest BCUT2D eigenvalue weighted by molar-refractivity contribution is 1.51. The normalized spacial score (nSPS) is 11.3. The summed E-state index contributed by atoms with van der Waals surface area (Å²) in [7, 11) is 0. The first-order valence-corrected chi connectivity index (χ1v) is 7.64. The molecule has 0 spiro atoms. The average molecular weight is 383 g/mol. The zero-order valence-electron chi connectivity index (χ0n) is 9.58. The van der Waals surface area contributed by atoms with Crippen LogP contribution in [0.4, 0.5) is 0 Å². The summed E-state index contributed by atoms with van der Waals surface area (Å²) in [4.78, 5) is 1.11. The lowest BCUT2D eigenvalue weighted by Gasteiger charge is -1.99. The van der Waals surface area contributed by atoms with Gasteiger partial charge in [0, 0.05) is 9.35 Å². The molecule has 18 heavy (non-hydrogen) atoms. The Kier molecular flexibility index (Phi) is 4.39. The lowest BCUT2D eigenvalue weighted by Crippen LogP contribution is -1.81. The van der Waals surface area contributed by atoms with Crippen molar-refractivity contribution in [1.29, 1.82) is 5.26 Å². The molecule has 4 heteroatoms. The number of thiophene rings is 1. The number of allylic oxidation sites excluding steroid dienone is 1. The molecule has 0 radical (unpaired) electrons. The molecule has 1 aromatic heterocycles. The van der Waals surface area contributed by atoms with Crippen molar-refractivity contribution in [2.24, 2.45) is 0 Å². The van der Waals surface area contributed by atoms with Gasteiger partial charge in [0.25, 0.3) is 0 Å². The molecule has 1 heterocycles. The van der Waals surface area contributed by atoms with E-state index in [1.165, 1.54) is 5.56 Å². The van der Waals surface area contributed by atoms with Crippen molar-refractivity contribution in [1.82, 2.24) is 0 Å². The number of nitriles is 1. The van der Waals surface area contributed by atoms with Gasteiger partial charge in [-0.15, -0.1) is 11.3 Å². The van der Waals surface area contributed by atoms with Gasteiger partial charge in [-0.3, -0.25) is 0 Å². The molecule has 1 nitrogen and oxygen atoms in total. The van der Waals surface area contributed by atoms with E-state index >= 15 is 0 Å². The Bertz CT molecular complexity index is 633. The summed E-state index contributed by atoms with van der Waals surface area (Å²) in [5.41, 5.74) is 2.79. The maximum atomic E-state index is 9.27. The molecule has 0 N–H and O–H groups in total. The Labute approximate surface area is 127 Å². The first-order valence-electron chi connectivity index (χ1n) is 5.24. The molecular formula is C14H9Br2NS. The van der Waals surface area contributed by atoms with Crippen LogP contribution in [0.25, 0.3) is 11.6 Å². The molecule has 1 aromatic carbocycles. The minimum atomic E-state index is 0.681. The molecular weight excluding hydrogens is 374 g/mol. The van der Waals surface area contributed by atoms with Gasteiger partial charge >= 0.3 is 0 Å². The van der Waals surface area contributed by atoms with E-state index in [-0.39, 0.29) is 0 Å². The van der Waals surface area contributed by atoms with Gasteiger partial charge < -0.3 is 0 Å². The van der Waals surface area contributed by atoms with Crippen molar-refractivity contribution < 1.29 is 0 Å². The zero-order valence-corrected chi connectivity index (χ0v) is 13.6. The van der Waals surface area contributed by atoms with E-state index < -0.39 is 0 Å². The highest BCUT2D eigenvalue weighted by Crippen LogP contribution is 2.30.